The number of hydrogen-bond donors (Lipinski definition) is 0. The van der Waals surface area contributed by atoms with Crippen LogP contribution >= 0.6 is 11.3 Å². The van der Waals surface area contributed by atoms with Gasteiger partial charge in [-0.25, -0.2) is 0 Å². The Balaban J connectivity index is 0.893. The highest BCUT2D eigenvalue weighted by molar-refractivity contribution is 7.37. The van der Waals surface area contributed by atoms with Crippen LogP contribution < -0.4 is 70.3 Å². The van der Waals surface area contributed by atoms with E-state index < -0.39 is 13.4 Å². The Morgan fingerprint density at radius 1 is 0.296 bits per heavy atom. The van der Waals surface area contributed by atoms with Gasteiger partial charge in [0.05, 0.1) is 45.5 Å². The molecule has 13 heteroatoms. The number of fused-ring (bicyclic) bond motifs is 17. The summed E-state index contributed by atoms with van der Waals surface area (Å²) in [6.07, 6.45) is 0. The summed E-state index contributed by atoms with van der Waals surface area (Å²) in [5.41, 5.74) is 16.7. The summed E-state index contributed by atoms with van der Waals surface area (Å²) in [7, 11) is 0. The van der Waals surface area contributed by atoms with Crippen molar-refractivity contribution in [3.8, 4) is 46.0 Å². The third-order valence-corrected chi connectivity index (χ3v) is 17.9. The second kappa shape index (κ2) is 16.1. The van der Waals surface area contributed by atoms with Gasteiger partial charge in [0.15, 0.2) is 34.5 Å². The summed E-state index contributed by atoms with van der Waals surface area (Å²) < 4.78 is 45.0. The van der Waals surface area contributed by atoms with E-state index in [0.29, 0.717) is 23.0 Å². The van der Waals surface area contributed by atoms with Gasteiger partial charge in [-0.15, -0.1) is 0 Å². The lowest BCUT2D eigenvalue weighted by molar-refractivity contribution is 0.427. The fourth-order valence-electron chi connectivity index (χ4n) is 13.4. The Bertz CT molecular complexity index is 4470. The first-order valence-electron chi connectivity index (χ1n) is 27.1. The van der Waals surface area contributed by atoms with Crippen LogP contribution in [0.3, 0.4) is 0 Å². The molecule has 0 aliphatic carbocycles. The summed E-state index contributed by atoms with van der Waals surface area (Å²) in [5, 5.41) is 2.02. The summed E-state index contributed by atoms with van der Waals surface area (Å²) in [5.74, 6) is 5.74. The molecule has 0 unspecified atom stereocenters. The summed E-state index contributed by atoms with van der Waals surface area (Å²) in [4.78, 5) is 9.30. The second-order valence-electron chi connectivity index (χ2n) is 21.0. The Morgan fingerprint density at radius 3 is 1.06 bits per heavy atom. The maximum Gasteiger partial charge on any atom is 0.313 e. The molecule has 0 saturated heterocycles. The number of para-hydroxylation sites is 12. The van der Waals surface area contributed by atoms with Crippen molar-refractivity contribution in [1.29, 1.82) is 0 Å². The molecular formula is C68H38B2N4O6S. The van der Waals surface area contributed by atoms with Crippen LogP contribution in [-0.4, -0.2) is 13.4 Å². The van der Waals surface area contributed by atoms with E-state index >= 15 is 0 Å². The Morgan fingerprint density at radius 2 is 0.654 bits per heavy atom. The molecule has 0 spiro atoms. The maximum absolute atomic E-state index is 7.67. The van der Waals surface area contributed by atoms with Crippen molar-refractivity contribution in [3.63, 3.8) is 0 Å². The van der Waals surface area contributed by atoms with Crippen molar-refractivity contribution in [2.24, 2.45) is 0 Å². The zero-order chi connectivity index (χ0) is 52.6. The molecule has 6 aliphatic rings. The van der Waals surface area contributed by atoms with Gasteiger partial charge in [0, 0.05) is 66.1 Å². The third-order valence-electron chi connectivity index (χ3n) is 16.7. The smallest absolute Gasteiger partial charge is 0.313 e. The van der Waals surface area contributed by atoms with E-state index in [4.69, 9.17) is 27.8 Å². The van der Waals surface area contributed by atoms with Crippen LogP contribution in [0, 0.1) is 0 Å². The number of benzene rings is 10. The molecule has 0 atom stereocenters. The molecule has 9 heterocycles. The highest BCUT2D eigenvalue weighted by Crippen LogP contribution is 2.57. The number of thiophene rings is 1. The molecule has 6 aliphatic heterocycles. The van der Waals surface area contributed by atoms with Gasteiger partial charge in [-0.3, -0.25) is 0 Å². The van der Waals surface area contributed by atoms with E-state index in [1.165, 1.54) is 0 Å². The molecule has 3 aromatic heterocycles. The molecule has 0 radical (unpaired) electrons. The topological polar surface area (TPSA) is 76.2 Å². The number of anilines is 12. The molecule has 10 nitrogen and oxygen atoms in total. The summed E-state index contributed by atoms with van der Waals surface area (Å²) in [6, 6.07) is 79.8. The van der Waals surface area contributed by atoms with Crippen LogP contribution in [0.1, 0.15) is 0 Å². The van der Waals surface area contributed by atoms with Gasteiger partial charge in [0.2, 0.25) is 0 Å². The lowest BCUT2D eigenvalue weighted by Gasteiger charge is -2.39. The minimum atomic E-state index is -0.391. The number of hydrogen-bond acceptors (Lipinski definition) is 11. The van der Waals surface area contributed by atoms with E-state index in [9.17, 15) is 0 Å². The molecule has 0 amide bonds. The average molecular weight is 1060 g/mol. The number of furan rings is 2. The molecule has 0 saturated carbocycles. The Hall–Kier alpha value is -10.5. The zero-order valence-corrected chi connectivity index (χ0v) is 43.6. The molecule has 10 aromatic carbocycles. The van der Waals surface area contributed by atoms with Gasteiger partial charge in [0.25, 0.3) is 0 Å². The lowest BCUT2D eigenvalue weighted by atomic mass is 9.38. The fourth-order valence-corrected chi connectivity index (χ4v) is 14.8. The van der Waals surface area contributed by atoms with Crippen LogP contribution in [0.25, 0.3) is 21.9 Å². The standard InChI is InChI=1S/C68H38B2N4O6S/c1-3-19-39(20-4-1)73-49-35-41(71-45-25-9-15-31-53(45)75-54-32-16-10-26-46(54)71)37-57-59(49)69(65-61(73)43-23-7-13-29-51(43)79-65)67-63(77-57)64-68(81-67)70-60-50(74(40-21-5-2-6-22-40)62-44-24-8-14-30-52(44)80-66(62)70)36-42(38-58(60)78-64)72-47-27-11-17-33-55(47)76-56-34-18-12-28-48(56)72/h1-38H. The predicted octanol–water partition coefficient (Wildman–Crippen LogP) is 15.2. The highest BCUT2D eigenvalue weighted by atomic mass is 32.1. The van der Waals surface area contributed by atoms with Crippen molar-refractivity contribution in [2.75, 3.05) is 19.6 Å². The van der Waals surface area contributed by atoms with Crippen LogP contribution in [0.4, 0.5) is 68.2 Å². The van der Waals surface area contributed by atoms with Gasteiger partial charge in [-0.1, -0.05) is 109 Å². The fraction of sp³-hybridized carbons (Fsp3) is 0. The molecule has 0 bridgehead atoms. The Labute approximate surface area is 468 Å². The quantitative estimate of drug-likeness (QED) is 0.159. The van der Waals surface area contributed by atoms with Crippen molar-refractivity contribution in [3.05, 3.63) is 231 Å². The lowest BCUT2D eigenvalue weighted by Crippen LogP contribution is -2.59. The summed E-state index contributed by atoms with van der Waals surface area (Å²) >= 11 is 1.72. The van der Waals surface area contributed by atoms with Crippen molar-refractivity contribution in [1.82, 2.24) is 0 Å². The first kappa shape index (κ1) is 43.5. The number of rotatable bonds is 4. The molecule has 13 aromatic rings. The SMILES string of the molecule is c1ccc(N2c3cc(N4c5ccccc5Oc5ccccc54)cc4c3B(c3oc5ccccc5c32)c2sc3c(c2O4)Oc2cc(N4c5ccccc5Oc5ccccc54)cc4c2B3c2oc3ccccc3c2N4c2ccccc2)cc1. The van der Waals surface area contributed by atoms with Gasteiger partial charge in [0.1, 0.15) is 34.0 Å². The summed E-state index contributed by atoms with van der Waals surface area (Å²) in [6.45, 7) is -0.782. The van der Waals surface area contributed by atoms with Gasteiger partial charge in [-0.2, -0.15) is 11.3 Å². The Kier molecular flexibility index (Phi) is 8.62. The molecule has 378 valence electrons. The highest BCUT2D eigenvalue weighted by Gasteiger charge is 2.54. The van der Waals surface area contributed by atoms with Crippen molar-refractivity contribution < 1.29 is 27.8 Å². The van der Waals surface area contributed by atoms with Gasteiger partial charge < -0.3 is 47.4 Å². The average Bonchev–Trinajstić information content (AvgIpc) is 4.42. The minimum absolute atomic E-state index is 0.391. The zero-order valence-electron chi connectivity index (χ0n) is 42.7. The second-order valence-corrected chi connectivity index (χ2v) is 22.1. The van der Waals surface area contributed by atoms with Crippen LogP contribution in [0.15, 0.2) is 239 Å². The van der Waals surface area contributed by atoms with Crippen LogP contribution in [0.5, 0.6) is 46.0 Å². The number of nitrogens with zero attached hydrogens (tertiary/aromatic N) is 4. The van der Waals surface area contributed by atoms with Crippen LogP contribution in [0.2, 0.25) is 0 Å². The number of ether oxygens (including phenoxy) is 4. The maximum atomic E-state index is 7.67. The van der Waals surface area contributed by atoms with E-state index in [2.05, 4.69) is 189 Å². The van der Waals surface area contributed by atoms with Crippen molar-refractivity contribution >= 4 is 147 Å². The van der Waals surface area contributed by atoms with E-state index in [1.54, 1.807) is 11.3 Å². The minimum Gasteiger partial charge on any atom is -0.468 e. The first-order chi connectivity index (χ1) is 40.2. The van der Waals surface area contributed by atoms with Gasteiger partial charge >= 0.3 is 13.4 Å². The first-order valence-corrected chi connectivity index (χ1v) is 27.9. The molecule has 0 N–H and O–H groups in total. The predicted molar refractivity (Wildman–Crippen MR) is 325 cm³/mol. The van der Waals surface area contributed by atoms with E-state index in [-0.39, 0.29) is 0 Å². The largest absolute Gasteiger partial charge is 0.468 e. The van der Waals surface area contributed by atoms with Crippen molar-refractivity contribution in [2.45, 2.75) is 0 Å². The molecule has 0 fully saturated rings. The monoisotopic (exact) mass is 1060 g/mol. The molecule has 81 heavy (non-hydrogen) atoms. The van der Waals surface area contributed by atoms with Gasteiger partial charge in [-0.05, 0) is 109 Å². The molecule has 19 rings (SSSR count). The normalized spacial score (nSPS) is 14.2. The van der Waals surface area contributed by atoms with E-state index in [0.717, 1.165) is 145 Å². The van der Waals surface area contributed by atoms with E-state index in [1.807, 2.05) is 60.7 Å². The molecular weight excluding hydrogens is 1020 g/mol. The third kappa shape index (κ3) is 5.91. The van der Waals surface area contributed by atoms with Crippen LogP contribution in [-0.2, 0) is 0 Å².